The zero-order valence-electron chi connectivity index (χ0n) is 17.5. The highest BCUT2D eigenvalue weighted by molar-refractivity contribution is 5.79. The number of carbonyl (C=O) groups is 2. The zero-order chi connectivity index (χ0) is 20.1. The minimum atomic E-state index is 0.0885. The molecular weight excluding hydrogens is 362 g/mol. The molecule has 0 unspecified atom stereocenters. The van der Waals surface area contributed by atoms with Crippen molar-refractivity contribution in [3.8, 4) is 0 Å². The van der Waals surface area contributed by atoms with Gasteiger partial charge >= 0.3 is 0 Å². The van der Waals surface area contributed by atoms with E-state index >= 15 is 0 Å². The molecule has 0 bridgehead atoms. The molecule has 1 atom stereocenters. The first-order chi connectivity index (χ1) is 14.2. The van der Waals surface area contributed by atoms with Gasteiger partial charge < -0.3 is 10.2 Å². The van der Waals surface area contributed by atoms with Crippen molar-refractivity contribution in [1.29, 1.82) is 0 Å². The molecular formula is C24H35N3O2. The van der Waals surface area contributed by atoms with E-state index in [1.165, 1.54) is 12.8 Å². The highest BCUT2D eigenvalue weighted by Gasteiger charge is 2.34. The van der Waals surface area contributed by atoms with Crippen LogP contribution < -0.4 is 5.32 Å². The number of likely N-dealkylation sites (tertiary alicyclic amines) is 2. The molecule has 1 aromatic rings. The van der Waals surface area contributed by atoms with Gasteiger partial charge in [0.2, 0.25) is 11.8 Å². The molecule has 2 aliphatic heterocycles. The van der Waals surface area contributed by atoms with Crippen molar-refractivity contribution in [2.75, 3.05) is 26.2 Å². The summed E-state index contributed by atoms with van der Waals surface area (Å²) in [4.78, 5) is 30.0. The quantitative estimate of drug-likeness (QED) is 0.830. The predicted octanol–water partition coefficient (Wildman–Crippen LogP) is 3.20. The summed E-state index contributed by atoms with van der Waals surface area (Å²) < 4.78 is 0. The molecule has 29 heavy (non-hydrogen) atoms. The Morgan fingerprint density at radius 1 is 0.862 bits per heavy atom. The Bertz CT molecular complexity index is 679. The van der Waals surface area contributed by atoms with Crippen LogP contribution in [0.2, 0.25) is 0 Å². The van der Waals surface area contributed by atoms with Crippen LogP contribution in [0.15, 0.2) is 30.3 Å². The van der Waals surface area contributed by atoms with Gasteiger partial charge in [-0.3, -0.25) is 14.5 Å². The van der Waals surface area contributed by atoms with E-state index in [0.29, 0.717) is 24.4 Å². The topological polar surface area (TPSA) is 52.7 Å². The first-order valence-corrected chi connectivity index (χ1v) is 11.5. The summed E-state index contributed by atoms with van der Waals surface area (Å²) in [6.07, 6.45) is 8.78. The van der Waals surface area contributed by atoms with E-state index < -0.39 is 0 Å². The second kappa shape index (κ2) is 9.75. The van der Waals surface area contributed by atoms with Crippen LogP contribution in [-0.2, 0) is 16.1 Å². The van der Waals surface area contributed by atoms with Gasteiger partial charge in [0.15, 0.2) is 0 Å². The van der Waals surface area contributed by atoms with Crippen LogP contribution in [0.4, 0.5) is 0 Å². The number of amides is 2. The lowest BCUT2D eigenvalue weighted by atomic mass is 9.92. The number of benzene rings is 1. The maximum atomic E-state index is 12.7. The third-order valence-corrected chi connectivity index (χ3v) is 7.13. The molecule has 3 aliphatic rings. The van der Waals surface area contributed by atoms with Gasteiger partial charge in [-0.1, -0.05) is 43.2 Å². The Morgan fingerprint density at radius 2 is 1.55 bits per heavy atom. The maximum absolute atomic E-state index is 12.7. The van der Waals surface area contributed by atoms with Crippen molar-refractivity contribution in [3.63, 3.8) is 0 Å². The molecule has 0 spiro atoms. The first kappa shape index (κ1) is 20.4. The molecule has 2 heterocycles. The average molecular weight is 398 g/mol. The van der Waals surface area contributed by atoms with E-state index in [1.807, 2.05) is 30.3 Å². The molecule has 1 aromatic carbocycles. The molecule has 5 nitrogen and oxygen atoms in total. The van der Waals surface area contributed by atoms with Crippen molar-refractivity contribution >= 4 is 11.8 Å². The molecule has 0 aromatic heterocycles. The van der Waals surface area contributed by atoms with Gasteiger partial charge in [-0.2, -0.15) is 0 Å². The van der Waals surface area contributed by atoms with Crippen LogP contribution in [0, 0.1) is 11.8 Å². The highest BCUT2D eigenvalue weighted by Crippen LogP contribution is 2.29. The maximum Gasteiger partial charge on any atom is 0.225 e. The monoisotopic (exact) mass is 397 g/mol. The number of rotatable bonds is 5. The van der Waals surface area contributed by atoms with E-state index in [4.69, 9.17) is 0 Å². The van der Waals surface area contributed by atoms with Crippen LogP contribution in [-0.4, -0.2) is 53.8 Å². The van der Waals surface area contributed by atoms with E-state index in [-0.39, 0.29) is 11.8 Å². The van der Waals surface area contributed by atoms with Crippen molar-refractivity contribution in [1.82, 2.24) is 15.1 Å². The molecule has 2 amide bonds. The minimum absolute atomic E-state index is 0.0885. The normalized spacial score (nSPS) is 24.6. The van der Waals surface area contributed by atoms with E-state index in [9.17, 15) is 9.59 Å². The fraction of sp³-hybridized carbons (Fsp3) is 0.667. The van der Waals surface area contributed by atoms with Crippen LogP contribution in [0.3, 0.4) is 0 Å². The molecule has 158 valence electrons. The largest absolute Gasteiger partial charge is 0.352 e. The summed E-state index contributed by atoms with van der Waals surface area (Å²) in [5.74, 6) is 0.968. The molecule has 2 saturated heterocycles. The third kappa shape index (κ3) is 5.19. The number of piperidine rings is 2. The lowest BCUT2D eigenvalue weighted by Gasteiger charge is -2.42. The van der Waals surface area contributed by atoms with Gasteiger partial charge in [0.1, 0.15) is 0 Å². The molecule has 1 N–H and O–H groups in total. The zero-order valence-corrected chi connectivity index (χ0v) is 17.5. The number of nitrogens with one attached hydrogen (secondary N) is 1. The van der Waals surface area contributed by atoms with Crippen molar-refractivity contribution in [2.24, 2.45) is 11.8 Å². The molecule has 5 heteroatoms. The Labute approximate surface area is 174 Å². The highest BCUT2D eigenvalue weighted by atomic mass is 16.2. The lowest BCUT2D eigenvalue weighted by molar-refractivity contribution is -0.137. The molecule has 0 radical (unpaired) electrons. The molecule has 1 saturated carbocycles. The van der Waals surface area contributed by atoms with Crippen molar-refractivity contribution in [2.45, 2.75) is 64.0 Å². The van der Waals surface area contributed by atoms with Gasteiger partial charge in [0, 0.05) is 38.1 Å². The lowest BCUT2D eigenvalue weighted by Crippen LogP contribution is -2.52. The first-order valence-electron chi connectivity index (χ1n) is 11.5. The average Bonchev–Trinajstić information content (AvgIpc) is 3.33. The summed E-state index contributed by atoms with van der Waals surface area (Å²) in [6.45, 7) is 4.34. The fourth-order valence-corrected chi connectivity index (χ4v) is 5.36. The summed E-state index contributed by atoms with van der Waals surface area (Å²) in [6, 6.07) is 10.6. The van der Waals surface area contributed by atoms with Crippen molar-refractivity contribution < 1.29 is 9.59 Å². The van der Waals surface area contributed by atoms with Crippen LogP contribution in [0.5, 0.6) is 0 Å². The Balaban J connectivity index is 1.23. The number of nitrogens with zero attached hydrogens (tertiary/aromatic N) is 2. The number of hydrogen-bond acceptors (Lipinski definition) is 3. The van der Waals surface area contributed by atoms with Gasteiger partial charge in [0.25, 0.3) is 0 Å². The minimum Gasteiger partial charge on any atom is -0.352 e. The van der Waals surface area contributed by atoms with Gasteiger partial charge in [-0.05, 0) is 50.6 Å². The number of carbonyl (C=O) groups excluding carboxylic acids is 2. The standard InChI is InChI=1S/C24H35N3O2/c28-23(25-17-19-7-2-1-3-8-19)21-11-6-14-27(18-21)22-12-15-26(16-13-22)24(29)20-9-4-5-10-20/h1-3,7-8,20-22H,4-6,9-18H2,(H,25,28)/t21-/m0/s1. The SMILES string of the molecule is O=C(NCc1ccccc1)[C@H]1CCCN(C2CCN(C(=O)C3CCCC3)CC2)C1. The summed E-state index contributed by atoms with van der Waals surface area (Å²) in [5, 5.41) is 3.13. The van der Waals surface area contributed by atoms with Crippen LogP contribution in [0.1, 0.15) is 56.9 Å². The summed E-state index contributed by atoms with van der Waals surface area (Å²) >= 11 is 0. The Hall–Kier alpha value is -1.88. The second-order valence-corrected chi connectivity index (χ2v) is 9.08. The summed E-state index contributed by atoms with van der Waals surface area (Å²) in [7, 11) is 0. The Kier molecular flexibility index (Phi) is 6.86. The van der Waals surface area contributed by atoms with Gasteiger partial charge in [-0.25, -0.2) is 0 Å². The number of hydrogen-bond donors (Lipinski definition) is 1. The van der Waals surface area contributed by atoms with Gasteiger partial charge in [0.05, 0.1) is 5.92 Å². The molecule has 3 fully saturated rings. The second-order valence-electron chi connectivity index (χ2n) is 9.08. The molecule has 4 rings (SSSR count). The van der Waals surface area contributed by atoms with Crippen LogP contribution >= 0.6 is 0 Å². The van der Waals surface area contributed by atoms with E-state index in [1.54, 1.807) is 0 Å². The molecule has 1 aliphatic carbocycles. The van der Waals surface area contributed by atoms with E-state index in [0.717, 1.165) is 70.3 Å². The predicted molar refractivity (Wildman–Crippen MR) is 114 cm³/mol. The fourth-order valence-electron chi connectivity index (χ4n) is 5.36. The summed E-state index contributed by atoms with van der Waals surface area (Å²) in [5.41, 5.74) is 1.15. The van der Waals surface area contributed by atoms with Crippen LogP contribution in [0.25, 0.3) is 0 Å². The van der Waals surface area contributed by atoms with E-state index in [2.05, 4.69) is 15.1 Å². The smallest absolute Gasteiger partial charge is 0.225 e. The third-order valence-electron chi connectivity index (χ3n) is 7.13. The van der Waals surface area contributed by atoms with Gasteiger partial charge in [-0.15, -0.1) is 0 Å². The van der Waals surface area contributed by atoms with Crippen molar-refractivity contribution in [3.05, 3.63) is 35.9 Å². The Morgan fingerprint density at radius 3 is 2.28 bits per heavy atom.